The summed E-state index contributed by atoms with van der Waals surface area (Å²) >= 11 is 5.92. The number of hydrogen-bond donors (Lipinski definition) is 1. The summed E-state index contributed by atoms with van der Waals surface area (Å²) in [5.41, 5.74) is -0.0290. The van der Waals surface area contributed by atoms with Crippen LogP contribution >= 0.6 is 11.6 Å². The van der Waals surface area contributed by atoms with Crippen LogP contribution in [0.3, 0.4) is 0 Å². The van der Waals surface area contributed by atoms with Crippen molar-refractivity contribution in [3.8, 4) is 0 Å². The van der Waals surface area contributed by atoms with Crippen molar-refractivity contribution in [2.75, 3.05) is 6.54 Å². The molecular weight excluding hydrogens is 381 g/mol. The molecule has 5 nitrogen and oxygen atoms in total. The molecule has 1 aliphatic rings. The van der Waals surface area contributed by atoms with Crippen LogP contribution < -0.4 is 0 Å². The summed E-state index contributed by atoms with van der Waals surface area (Å²) in [6.07, 6.45) is -1.75. The third-order valence-electron chi connectivity index (χ3n) is 4.70. The highest BCUT2D eigenvalue weighted by molar-refractivity contribution is 6.30. The molecule has 0 spiro atoms. The first kappa shape index (κ1) is 17.8. The normalized spacial score (nSPS) is 17.6. The molecule has 9 heteroatoms. The molecule has 3 aromatic rings. The molecule has 140 valence electrons. The number of hydrogen-bond acceptors (Lipinski definition) is 3. The Balaban J connectivity index is 1.68. The number of carbonyl (C=O) groups excluding carboxylic acids is 1. The van der Waals surface area contributed by atoms with E-state index >= 15 is 0 Å². The molecular formula is C18H14ClF3N4O. The van der Waals surface area contributed by atoms with E-state index in [0.717, 1.165) is 18.4 Å². The number of pyridine rings is 1. The number of likely N-dealkylation sites (tertiary alicyclic amines) is 1. The molecule has 1 atom stereocenters. The first-order valence-electron chi connectivity index (χ1n) is 8.32. The number of H-pyrrole nitrogens is 1. The van der Waals surface area contributed by atoms with Gasteiger partial charge in [-0.3, -0.25) is 9.89 Å². The second-order valence-electron chi connectivity index (χ2n) is 6.40. The minimum absolute atomic E-state index is 0.00505. The van der Waals surface area contributed by atoms with Crippen LogP contribution in [-0.4, -0.2) is 32.5 Å². The van der Waals surface area contributed by atoms with E-state index in [1.807, 2.05) is 12.1 Å². The van der Waals surface area contributed by atoms with E-state index in [4.69, 9.17) is 11.6 Å². The molecule has 0 saturated carbocycles. The summed E-state index contributed by atoms with van der Waals surface area (Å²) < 4.78 is 39.3. The average Bonchev–Trinajstić information content (AvgIpc) is 3.27. The summed E-state index contributed by atoms with van der Waals surface area (Å²) in [6.45, 7) is 0.529. The molecule has 2 aromatic heterocycles. The fraction of sp³-hybridized carbons (Fsp3) is 0.278. The van der Waals surface area contributed by atoms with Crippen molar-refractivity contribution in [1.29, 1.82) is 0 Å². The Labute approximate surface area is 157 Å². The van der Waals surface area contributed by atoms with Gasteiger partial charge in [0.2, 0.25) is 0 Å². The van der Waals surface area contributed by atoms with Crippen molar-refractivity contribution in [3.63, 3.8) is 0 Å². The number of carbonyl (C=O) groups is 1. The molecule has 1 aromatic carbocycles. The van der Waals surface area contributed by atoms with Gasteiger partial charge in [0.1, 0.15) is 0 Å². The second kappa shape index (κ2) is 6.53. The lowest BCUT2D eigenvalue weighted by Gasteiger charge is -2.25. The molecule has 1 fully saturated rings. The van der Waals surface area contributed by atoms with E-state index in [-0.39, 0.29) is 28.5 Å². The molecule has 0 bridgehead atoms. The van der Waals surface area contributed by atoms with Crippen molar-refractivity contribution in [1.82, 2.24) is 20.1 Å². The Morgan fingerprint density at radius 2 is 2.00 bits per heavy atom. The first-order chi connectivity index (χ1) is 12.8. The zero-order chi connectivity index (χ0) is 19.2. The van der Waals surface area contributed by atoms with Crippen LogP contribution in [0.1, 0.15) is 40.5 Å². The Kier molecular flexibility index (Phi) is 4.30. The number of aromatic nitrogens is 3. The van der Waals surface area contributed by atoms with E-state index in [0.29, 0.717) is 11.6 Å². The van der Waals surface area contributed by atoms with Gasteiger partial charge in [0.05, 0.1) is 17.0 Å². The van der Waals surface area contributed by atoms with Crippen LogP contribution in [0.4, 0.5) is 13.2 Å². The Morgan fingerprint density at radius 3 is 2.70 bits per heavy atom. The van der Waals surface area contributed by atoms with E-state index in [1.54, 1.807) is 17.0 Å². The topological polar surface area (TPSA) is 61.9 Å². The number of aromatic amines is 1. The molecule has 1 saturated heterocycles. The molecule has 27 heavy (non-hydrogen) atoms. The van der Waals surface area contributed by atoms with Crippen LogP contribution in [0.25, 0.3) is 11.0 Å². The van der Waals surface area contributed by atoms with Crippen LogP contribution in [0.5, 0.6) is 0 Å². The molecule has 1 amide bonds. The van der Waals surface area contributed by atoms with Gasteiger partial charge in [0.25, 0.3) is 5.91 Å². The van der Waals surface area contributed by atoms with Crippen LogP contribution in [-0.2, 0) is 6.18 Å². The van der Waals surface area contributed by atoms with E-state index in [9.17, 15) is 18.0 Å². The molecule has 4 rings (SSSR count). The van der Waals surface area contributed by atoms with Crippen molar-refractivity contribution in [3.05, 3.63) is 58.4 Å². The number of nitrogens with zero attached hydrogens (tertiary/aromatic N) is 3. The Bertz CT molecular complexity index is 1000. The summed E-state index contributed by atoms with van der Waals surface area (Å²) in [5, 5.41) is 5.93. The fourth-order valence-corrected chi connectivity index (χ4v) is 3.57. The van der Waals surface area contributed by atoms with Gasteiger partial charge in [0.15, 0.2) is 11.3 Å². The summed E-state index contributed by atoms with van der Waals surface area (Å²) in [7, 11) is 0. The van der Waals surface area contributed by atoms with Crippen molar-refractivity contribution < 1.29 is 18.0 Å². The lowest BCUT2D eigenvalue weighted by Crippen LogP contribution is -2.30. The summed E-state index contributed by atoms with van der Waals surface area (Å²) in [6, 6.07) is 8.29. The lowest BCUT2D eigenvalue weighted by molar-refractivity contribution is -0.139. The quantitative estimate of drug-likeness (QED) is 0.690. The number of halogens is 4. The van der Waals surface area contributed by atoms with Gasteiger partial charge in [-0.1, -0.05) is 23.7 Å². The maximum Gasteiger partial charge on any atom is 0.435 e. The van der Waals surface area contributed by atoms with E-state index in [2.05, 4.69) is 15.2 Å². The summed E-state index contributed by atoms with van der Waals surface area (Å²) in [4.78, 5) is 18.6. The second-order valence-corrected chi connectivity index (χ2v) is 6.83. The highest BCUT2D eigenvalue weighted by atomic mass is 35.5. The standard InChI is InChI=1S/C18H14ClF3N4O/c19-12-5-3-10(4-6-12)14-2-1-7-26(14)17(27)11-8-13-15(18(20,21)22)24-25-16(13)23-9-11/h3-6,8-9,14H,1-2,7H2,(H,23,24,25)/t14-/m1/s1. The number of benzene rings is 1. The Morgan fingerprint density at radius 1 is 1.26 bits per heavy atom. The van der Waals surface area contributed by atoms with Gasteiger partial charge >= 0.3 is 6.18 Å². The summed E-state index contributed by atoms with van der Waals surface area (Å²) in [5.74, 6) is -0.351. The molecule has 0 radical (unpaired) electrons. The van der Waals surface area contributed by atoms with Crippen molar-refractivity contribution >= 4 is 28.5 Å². The van der Waals surface area contributed by atoms with Crippen molar-refractivity contribution in [2.24, 2.45) is 0 Å². The van der Waals surface area contributed by atoms with Gasteiger partial charge in [-0.25, -0.2) is 4.98 Å². The lowest BCUT2D eigenvalue weighted by atomic mass is 10.0. The van der Waals surface area contributed by atoms with E-state index in [1.165, 1.54) is 12.3 Å². The fourth-order valence-electron chi connectivity index (χ4n) is 3.44. The number of fused-ring (bicyclic) bond motifs is 1. The molecule has 1 aliphatic heterocycles. The highest BCUT2D eigenvalue weighted by Gasteiger charge is 2.37. The van der Waals surface area contributed by atoms with Gasteiger partial charge in [-0.05, 0) is 36.6 Å². The van der Waals surface area contributed by atoms with Gasteiger partial charge in [-0.15, -0.1) is 0 Å². The molecule has 0 aliphatic carbocycles. The third-order valence-corrected chi connectivity index (χ3v) is 4.95. The zero-order valence-electron chi connectivity index (χ0n) is 13.9. The molecule has 0 unspecified atom stereocenters. The SMILES string of the molecule is O=C(c1cnc2[nH]nc(C(F)(F)F)c2c1)N1CCC[C@@H]1c1ccc(Cl)cc1. The van der Waals surface area contributed by atoms with Gasteiger partial charge < -0.3 is 4.90 Å². The minimum Gasteiger partial charge on any atom is -0.332 e. The number of amides is 1. The maximum atomic E-state index is 13.1. The minimum atomic E-state index is -4.62. The molecule has 1 N–H and O–H groups in total. The zero-order valence-corrected chi connectivity index (χ0v) is 14.7. The first-order valence-corrected chi connectivity index (χ1v) is 8.70. The monoisotopic (exact) mass is 394 g/mol. The smallest absolute Gasteiger partial charge is 0.332 e. The van der Waals surface area contributed by atoms with Crippen LogP contribution in [0, 0.1) is 0 Å². The maximum absolute atomic E-state index is 13.1. The predicted octanol–water partition coefficient (Wildman–Crippen LogP) is 4.61. The predicted molar refractivity (Wildman–Crippen MR) is 93.4 cm³/mol. The van der Waals surface area contributed by atoms with E-state index < -0.39 is 11.9 Å². The van der Waals surface area contributed by atoms with Gasteiger partial charge in [0, 0.05) is 17.8 Å². The average molecular weight is 395 g/mol. The third kappa shape index (κ3) is 3.25. The highest BCUT2D eigenvalue weighted by Crippen LogP contribution is 2.35. The van der Waals surface area contributed by atoms with Crippen LogP contribution in [0.2, 0.25) is 5.02 Å². The number of rotatable bonds is 2. The van der Waals surface area contributed by atoms with Gasteiger partial charge in [-0.2, -0.15) is 18.3 Å². The Hall–Kier alpha value is -2.61. The van der Waals surface area contributed by atoms with Crippen molar-refractivity contribution in [2.45, 2.75) is 25.1 Å². The molecule has 3 heterocycles. The number of alkyl halides is 3. The number of nitrogens with one attached hydrogen (secondary N) is 1. The largest absolute Gasteiger partial charge is 0.435 e. The van der Waals surface area contributed by atoms with Crippen LogP contribution in [0.15, 0.2) is 36.5 Å².